The monoisotopic (exact) mass is 1410 g/mol. The third-order valence-electron chi connectivity index (χ3n) is 30.4. The lowest BCUT2D eigenvalue weighted by molar-refractivity contribution is -0.194. The van der Waals surface area contributed by atoms with Crippen molar-refractivity contribution in [2.75, 3.05) is 40.6 Å². The highest BCUT2D eigenvalue weighted by Gasteiger charge is 2.63. The van der Waals surface area contributed by atoms with Gasteiger partial charge in [0.25, 0.3) is 0 Å². The van der Waals surface area contributed by atoms with Crippen molar-refractivity contribution in [1.82, 2.24) is 0 Å². The minimum atomic E-state index is -0.469. The average molecular weight is 1420 g/mol. The normalized spacial score (nSPS) is 38.7. The van der Waals surface area contributed by atoms with Gasteiger partial charge in [0.1, 0.15) is 5.78 Å². The Kier molecular flexibility index (Phi) is 25.6. The first-order valence-corrected chi connectivity index (χ1v) is 41.3. The van der Waals surface area contributed by atoms with Crippen LogP contribution in [0.1, 0.15) is 290 Å². The van der Waals surface area contributed by atoms with Crippen molar-refractivity contribution in [1.29, 1.82) is 0 Å². The van der Waals surface area contributed by atoms with E-state index in [-0.39, 0.29) is 81.8 Å². The molecule has 0 N–H and O–H groups in total. The fourth-order valence-electron chi connectivity index (χ4n) is 23.3. The maximum atomic E-state index is 12.3. The van der Waals surface area contributed by atoms with E-state index in [1.165, 1.54) is 135 Å². The van der Waals surface area contributed by atoms with Gasteiger partial charge in [0, 0.05) is 11.8 Å². The summed E-state index contributed by atoms with van der Waals surface area (Å²) in [7, 11) is 0. The van der Waals surface area contributed by atoms with Crippen LogP contribution in [0.15, 0.2) is 0 Å². The zero-order valence-corrected chi connectivity index (χ0v) is 65.6. The van der Waals surface area contributed by atoms with E-state index in [1.807, 2.05) is 104 Å². The molecule has 15 unspecified atom stereocenters. The summed E-state index contributed by atoms with van der Waals surface area (Å²) in [5, 5.41) is 0. The van der Waals surface area contributed by atoms with Gasteiger partial charge in [-0.25, -0.2) is 0 Å². The molecule has 0 saturated heterocycles. The Labute approximate surface area is 608 Å². The average Bonchev–Trinajstić information content (AvgIpc) is 1.59. The van der Waals surface area contributed by atoms with Crippen molar-refractivity contribution in [3.63, 3.8) is 0 Å². The lowest BCUT2D eigenvalue weighted by Gasteiger charge is -2.56. The molecule has 16 heteroatoms. The van der Waals surface area contributed by atoms with Crippen LogP contribution in [0.4, 0.5) is 0 Å². The molecule has 0 spiro atoms. The first-order chi connectivity index (χ1) is 47.9. The topological polar surface area (TPSA) is 195 Å². The Hall–Kier alpha value is -3.18. The molecule has 18 rings (SSSR count). The summed E-state index contributed by atoms with van der Waals surface area (Å²) in [6.45, 7) is 30.5. The Balaban J connectivity index is 0.000000127. The second kappa shape index (κ2) is 32.7. The number of ketones is 1. The molecular weight excluding hydrogens is 1280 g/mol. The van der Waals surface area contributed by atoms with Crippen LogP contribution < -0.4 is 0 Å². The summed E-state index contributed by atoms with van der Waals surface area (Å²) in [5.41, 5.74) is -1.64. The van der Waals surface area contributed by atoms with Gasteiger partial charge in [-0.05, 0) is 361 Å². The summed E-state index contributed by atoms with van der Waals surface area (Å²) < 4.78 is 55.8. The van der Waals surface area contributed by atoms with Crippen molar-refractivity contribution in [3.8, 4) is 0 Å². The van der Waals surface area contributed by atoms with Gasteiger partial charge in [0.2, 0.25) is 0 Å². The standard InChI is InChI=1S/C19H30O3.C18H30O3.C17H26O4.C17H28O3.C14H24O3/c1-4-19(2,3)18(20)22-10-21-15-9-13-8-14(15)17-12-6-5-11(7-12)16(13)17;1-4-17(2,3)16(19)21-12-20-11-18-8-13-5-14(9-18)7-15(6-13)10-18;1-4-17(2,3)16(19)21-9-20-15-12-6-10-5-11(8-12)14(18)13(15)7-10;1-4-17(2,3)16(18)20-10-19-15-13-6-11-5-12(8-13)9-14(15)7-11;1-4-14(2,3)13(15)17-9-16-12-8-10-5-6-11(12)7-10/h11-17H,4-10H2,1-3H3;13-15H,4-12H2,1-3H3;10-13,15H,4-9H2,1-3H3;11-15H,4-10H2,1-3H3;10-12H,4-9H2,1-3H3. The highest BCUT2D eigenvalue weighted by molar-refractivity contribution is 5.86. The lowest BCUT2D eigenvalue weighted by atomic mass is 9.50. The predicted octanol–water partition coefficient (Wildman–Crippen LogP) is 18.0. The van der Waals surface area contributed by atoms with Gasteiger partial charge in [-0.1, -0.05) is 34.6 Å². The van der Waals surface area contributed by atoms with E-state index in [4.69, 9.17) is 47.4 Å². The Bertz CT molecular complexity index is 2750. The van der Waals surface area contributed by atoms with Gasteiger partial charge >= 0.3 is 29.8 Å². The van der Waals surface area contributed by atoms with Crippen molar-refractivity contribution in [3.05, 3.63) is 0 Å². The van der Waals surface area contributed by atoms with Gasteiger partial charge in [-0.2, -0.15) is 0 Å². The number of rotatable bonds is 26. The summed E-state index contributed by atoms with van der Waals surface area (Å²) >= 11 is 0. The molecule has 0 aromatic carbocycles. The van der Waals surface area contributed by atoms with Crippen LogP contribution in [0.3, 0.4) is 0 Å². The largest absolute Gasteiger partial charge is 0.438 e. The first kappa shape index (κ1) is 78.9. The fraction of sp³-hybridized carbons (Fsp3) is 0.929. The molecular formula is C85H138O16. The van der Waals surface area contributed by atoms with E-state index in [9.17, 15) is 28.8 Å². The molecule has 0 radical (unpaired) electrons. The zero-order chi connectivity index (χ0) is 72.6. The van der Waals surface area contributed by atoms with Crippen molar-refractivity contribution in [2.45, 2.75) is 314 Å². The fourth-order valence-corrected chi connectivity index (χ4v) is 23.3. The summed E-state index contributed by atoms with van der Waals surface area (Å²) in [5.74, 6) is 14.6. The number of Topliss-reactive ketones (excluding diaryl/α,β-unsaturated/α-hetero) is 1. The number of carbonyl (C=O) groups is 6. The molecule has 15 atom stereocenters. The molecule has 18 saturated carbocycles. The number of ether oxygens (including phenoxy) is 10. The highest BCUT2D eigenvalue weighted by Crippen LogP contribution is 2.68. The third-order valence-corrected chi connectivity index (χ3v) is 30.4. The summed E-state index contributed by atoms with van der Waals surface area (Å²) in [4.78, 5) is 71.8. The SMILES string of the molecule is CCC(C)(C)C(=O)OCOC1C2CC3CC(C2)C(=O)C1C3.CCC(C)(C)C(=O)OCOC1C2CC3CC(C2)CC1C3.CCC(C)(C)C(=O)OCOC1CC2CC1C1C3CCC(C3)C21.CCC(C)(C)C(=O)OCOC1CC2CCC1C2.CCC(C)(C)C(=O)OCOCC12CC3CC(CC(C3)C1)C2. The van der Waals surface area contributed by atoms with Crippen LogP contribution in [0.2, 0.25) is 0 Å². The van der Waals surface area contributed by atoms with Gasteiger partial charge in [0.05, 0.1) is 58.1 Å². The molecule has 0 amide bonds. The molecule has 0 aromatic heterocycles. The van der Waals surface area contributed by atoms with Crippen LogP contribution in [-0.2, 0) is 76.1 Å². The molecule has 18 bridgehead atoms. The molecule has 18 aliphatic carbocycles. The van der Waals surface area contributed by atoms with Gasteiger partial charge in [0.15, 0.2) is 34.0 Å². The highest BCUT2D eigenvalue weighted by atomic mass is 16.7. The molecule has 574 valence electrons. The Morgan fingerprint density at radius 2 is 0.743 bits per heavy atom. The number of carbonyl (C=O) groups excluding carboxylic acids is 6. The minimum Gasteiger partial charge on any atom is -0.438 e. The van der Waals surface area contributed by atoms with Crippen molar-refractivity contribution >= 4 is 35.6 Å². The van der Waals surface area contributed by atoms with Gasteiger partial charge in [-0.3, -0.25) is 28.8 Å². The van der Waals surface area contributed by atoms with E-state index in [0.717, 1.165) is 153 Å². The summed E-state index contributed by atoms with van der Waals surface area (Å²) in [6, 6.07) is 0. The van der Waals surface area contributed by atoms with E-state index >= 15 is 0 Å². The molecule has 0 aliphatic heterocycles. The van der Waals surface area contributed by atoms with Gasteiger partial charge < -0.3 is 47.4 Å². The van der Waals surface area contributed by atoms with E-state index < -0.39 is 27.1 Å². The zero-order valence-electron chi connectivity index (χ0n) is 65.6. The number of hydrogen-bond acceptors (Lipinski definition) is 16. The predicted molar refractivity (Wildman–Crippen MR) is 385 cm³/mol. The van der Waals surface area contributed by atoms with Crippen LogP contribution >= 0.6 is 0 Å². The maximum Gasteiger partial charge on any atom is 0.313 e. The molecule has 0 aromatic rings. The maximum absolute atomic E-state index is 12.3. The molecule has 101 heavy (non-hydrogen) atoms. The second-order valence-electron chi connectivity index (χ2n) is 39.1. The van der Waals surface area contributed by atoms with Gasteiger partial charge in [-0.15, -0.1) is 0 Å². The van der Waals surface area contributed by atoms with Crippen LogP contribution in [0.25, 0.3) is 0 Å². The van der Waals surface area contributed by atoms with Crippen molar-refractivity contribution < 1.29 is 76.1 Å². The quantitative estimate of drug-likeness (QED) is 0.0261. The molecule has 0 heterocycles. The van der Waals surface area contributed by atoms with E-state index in [1.54, 1.807) is 0 Å². The number of esters is 5. The van der Waals surface area contributed by atoms with Crippen molar-refractivity contribution in [2.24, 2.45) is 145 Å². The Morgan fingerprint density at radius 1 is 0.347 bits per heavy atom. The third kappa shape index (κ3) is 18.2. The molecule has 16 nitrogen and oxygen atoms in total. The summed E-state index contributed by atoms with van der Waals surface area (Å²) in [6.07, 6.45) is 36.5. The first-order valence-electron chi connectivity index (χ1n) is 41.3. The van der Waals surface area contributed by atoms with Crippen LogP contribution in [-0.4, -0.2) is 101 Å². The second-order valence-corrected chi connectivity index (χ2v) is 39.1. The molecule has 18 aliphatic rings. The van der Waals surface area contributed by atoms with E-state index in [2.05, 4.69) is 0 Å². The smallest absolute Gasteiger partial charge is 0.313 e. The minimum absolute atomic E-state index is 0.0114. The lowest BCUT2D eigenvalue weighted by Crippen LogP contribution is -2.55. The Morgan fingerprint density at radius 3 is 1.20 bits per heavy atom. The van der Waals surface area contributed by atoms with Crippen LogP contribution in [0.5, 0.6) is 0 Å². The van der Waals surface area contributed by atoms with Crippen LogP contribution in [0, 0.1) is 145 Å². The van der Waals surface area contributed by atoms with E-state index in [0.29, 0.717) is 35.4 Å². The molecule has 18 fully saturated rings. The number of hydrogen-bond donors (Lipinski definition) is 0. The number of fused-ring (bicyclic) bond motifs is 11.